The normalized spacial score (nSPS) is 11.0. The van der Waals surface area contributed by atoms with Crippen molar-refractivity contribution < 1.29 is 4.43 Å². The number of benzene rings is 3. The fourth-order valence-electron chi connectivity index (χ4n) is 2.79. The molecule has 0 N–H and O–H groups in total. The minimum atomic E-state index is -1.79. The van der Waals surface area contributed by atoms with Gasteiger partial charge in [0.05, 0.1) is 0 Å². The fourth-order valence-corrected chi connectivity index (χ4v) is 3.62. The van der Waals surface area contributed by atoms with Crippen molar-refractivity contribution in [3.8, 4) is 0 Å². The third kappa shape index (κ3) is 4.49. The minimum Gasteiger partial charge on any atom is -0.543 e. The third-order valence-corrected chi connectivity index (χ3v) is 4.61. The van der Waals surface area contributed by atoms with E-state index < -0.39 is 8.32 Å². The highest BCUT2D eigenvalue weighted by Crippen LogP contribution is 2.34. The standard InChI is InChI=1S/C23H24OSi/c1-25(2,3)24-23(21-17-11-6-12-18-21)22(19-13-7-4-8-14-19)20-15-9-5-10-16-20/h4-18H,1-3H3. The van der Waals surface area contributed by atoms with Crippen molar-refractivity contribution in [1.29, 1.82) is 0 Å². The molecule has 3 aromatic rings. The van der Waals surface area contributed by atoms with Crippen LogP contribution in [-0.4, -0.2) is 8.32 Å². The van der Waals surface area contributed by atoms with Gasteiger partial charge in [-0.25, -0.2) is 0 Å². The minimum absolute atomic E-state index is 0.970. The molecule has 3 rings (SSSR count). The SMILES string of the molecule is C[Si](C)(C)OC(=C(c1ccccc1)c1ccccc1)c1ccccc1. The second-order valence-corrected chi connectivity index (χ2v) is 11.4. The molecule has 0 aromatic heterocycles. The molecule has 2 heteroatoms. The zero-order chi connectivity index (χ0) is 17.7. The first-order valence-electron chi connectivity index (χ1n) is 8.64. The van der Waals surface area contributed by atoms with Crippen LogP contribution in [-0.2, 0) is 4.43 Å². The Balaban J connectivity index is 2.30. The molecule has 0 saturated heterocycles. The van der Waals surface area contributed by atoms with E-state index in [4.69, 9.17) is 4.43 Å². The predicted molar refractivity (Wildman–Crippen MR) is 110 cm³/mol. The molecule has 0 bridgehead atoms. The van der Waals surface area contributed by atoms with Crippen LogP contribution in [0.2, 0.25) is 19.6 Å². The van der Waals surface area contributed by atoms with E-state index in [9.17, 15) is 0 Å². The van der Waals surface area contributed by atoms with Crippen LogP contribution in [0.1, 0.15) is 16.7 Å². The lowest BCUT2D eigenvalue weighted by atomic mass is 9.94. The van der Waals surface area contributed by atoms with Crippen LogP contribution in [0.25, 0.3) is 11.3 Å². The van der Waals surface area contributed by atoms with Crippen molar-refractivity contribution in [3.05, 3.63) is 108 Å². The predicted octanol–water partition coefficient (Wildman–Crippen LogP) is 6.45. The van der Waals surface area contributed by atoms with Crippen molar-refractivity contribution in [1.82, 2.24) is 0 Å². The number of hydrogen-bond donors (Lipinski definition) is 0. The molecule has 0 amide bonds. The molecule has 0 heterocycles. The maximum atomic E-state index is 6.61. The van der Waals surface area contributed by atoms with Crippen molar-refractivity contribution in [2.45, 2.75) is 19.6 Å². The van der Waals surface area contributed by atoms with Crippen LogP contribution in [0, 0.1) is 0 Å². The molecule has 0 aliphatic carbocycles. The van der Waals surface area contributed by atoms with Gasteiger partial charge in [0.1, 0.15) is 5.76 Å². The Morgan fingerprint density at radius 1 is 0.560 bits per heavy atom. The molecule has 0 spiro atoms. The van der Waals surface area contributed by atoms with Gasteiger partial charge in [-0.2, -0.15) is 0 Å². The molecule has 0 unspecified atom stereocenters. The van der Waals surface area contributed by atoms with Crippen molar-refractivity contribution in [2.75, 3.05) is 0 Å². The molecule has 0 radical (unpaired) electrons. The average molecular weight is 345 g/mol. The molecule has 0 saturated carbocycles. The van der Waals surface area contributed by atoms with Crippen LogP contribution in [0.4, 0.5) is 0 Å². The summed E-state index contributed by atoms with van der Waals surface area (Å²) in [6.45, 7) is 6.68. The quantitative estimate of drug-likeness (QED) is 0.293. The maximum absolute atomic E-state index is 6.61. The lowest BCUT2D eigenvalue weighted by molar-refractivity contribution is 0.516. The number of rotatable bonds is 5. The van der Waals surface area contributed by atoms with Gasteiger partial charge in [-0.05, 0) is 30.8 Å². The fraction of sp³-hybridized carbons (Fsp3) is 0.130. The summed E-state index contributed by atoms with van der Waals surface area (Å²) in [5.74, 6) is 0.970. The highest BCUT2D eigenvalue weighted by molar-refractivity contribution is 6.70. The van der Waals surface area contributed by atoms with E-state index in [1.807, 2.05) is 18.2 Å². The average Bonchev–Trinajstić information content (AvgIpc) is 2.63. The first kappa shape index (κ1) is 17.2. The van der Waals surface area contributed by atoms with Crippen LogP contribution in [0.3, 0.4) is 0 Å². The van der Waals surface area contributed by atoms with E-state index in [2.05, 4.69) is 92.4 Å². The van der Waals surface area contributed by atoms with E-state index >= 15 is 0 Å². The second kappa shape index (κ2) is 7.54. The van der Waals surface area contributed by atoms with Gasteiger partial charge in [0.2, 0.25) is 8.32 Å². The van der Waals surface area contributed by atoms with Gasteiger partial charge in [-0.1, -0.05) is 91.0 Å². The van der Waals surface area contributed by atoms with E-state index in [1.54, 1.807) is 0 Å². The second-order valence-electron chi connectivity index (χ2n) is 7.02. The van der Waals surface area contributed by atoms with Gasteiger partial charge in [0, 0.05) is 11.1 Å². The van der Waals surface area contributed by atoms with Gasteiger partial charge in [0.15, 0.2) is 0 Å². The summed E-state index contributed by atoms with van der Waals surface area (Å²) in [5.41, 5.74) is 4.61. The molecule has 1 nitrogen and oxygen atoms in total. The van der Waals surface area contributed by atoms with E-state index in [0.717, 1.165) is 16.9 Å². The molecular weight excluding hydrogens is 320 g/mol. The summed E-state index contributed by atoms with van der Waals surface area (Å²) < 4.78 is 6.61. The Morgan fingerprint density at radius 3 is 1.28 bits per heavy atom. The summed E-state index contributed by atoms with van der Waals surface area (Å²) in [6.07, 6.45) is 0. The van der Waals surface area contributed by atoms with Crippen LogP contribution in [0.15, 0.2) is 91.0 Å². The van der Waals surface area contributed by atoms with Gasteiger partial charge in [-0.15, -0.1) is 0 Å². The molecule has 0 aliphatic rings. The van der Waals surface area contributed by atoms with Crippen molar-refractivity contribution in [3.63, 3.8) is 0 Å². The highest BCUT2D eigenvalue weighted by Gasteiger charge is 2.23. The summed E-state index contributed by atoms with van der Waals surface area (Å²) in [5, 5.41) is 0. The Bertz CT molecular complexity index is 790. The van der Waals surface area contributed by atoms with Gasteiger partial charge < -0.3 is 4.43 Å². The first-order valence-corrected chi connectivity index (χ1v) is 12.0. The van der Waals surface area contributed by atoms with Gasteiger partial charge in [0.25, 0.3) is 0 Å². The molecular formula is C23H24OSi. The Kier molecular flexibility index (Phi) is 5.20. The Labute approximate surface area is 151 Å². The lowest BCUT2D eigenvalue weighted by Gasteiger charge is -2.25. The maximum Gasteiger partial charge on any atom is 0.242 e. The third-order valence-electron chi connectivity index (χ3n) is 3.80. The van der Waals surface area contributed by atoms with Crippen molar-refractivity contribution in [2.24, 2.45) is 0 Å². The van der Waals surface area contributed by atoms with Crippen LogP contribution >= 0.6 is 0 Å². The van der Waals surface area contributed by atoms with Crippen LogP contribution in [0.5, 0.6) is 0 Å². The molecule has 126 valence electrons. The molecule has 3 aromatic carbocycles. The number of hydrogen-bond acceptors (Lipinski definition) is 1. The van der Waals surface area contributed by atoms with Crippen molar-refractivity contribution >= 4 is 19.6 Å². The van der Waals surface area contributed by atoms with E-state index in [1.165, 1.54) is 11.1 Å². The van der Waals surface area contributed by atoms with E-state index in [-0.39, 0.29) is 0 Å². The summed E-state index contributed by atoms with van der Waals surface area (Å²) in [6, 6.07) is 31.4. The molecule has 0 fully saturated rings. The Hall–Kier alpha value is -2.58. The first-order chi connectivity index (χ1) is 12.0. The summed E-state index contributed by atoms with van der Waals surface area (Å²) >= 11 is 0. The van der Waals surface area contributed by atoms with Gasteiger partial charge in [-0.3, -0.25) is 0 Å². The zero-order valence-electron chi connectivity index (χ0n) is 15.1. The highest BCUT2D eigenvalue weighted by atomic mass is 28.4. The zero-order valence-corrected chi connectivity index (χ0v) is 16.1. The summed E-state index contributed by atoms with van der Waals surface area (Å²) in [4.78, 5) is 0. The molecule has 25 heavy (non-hydrogen) atoms. The Morgan fingerprint density at radius 2 is 0.920 bits per heavy atom. The molecule has 0 atom stereocenters. The molecule has 0 aliphatic heterocycles. The van der Waals surface area contributed by atoms with Gasteiger partial charge >= 0.3 is 0 Å². The monoisotopic (exact) mass is 344 g/mol. The smallest absolute Gasteiger partial charge is 0.242 e. The van der Waals surface area contributed by atoms with Crippen LogP contribution < -0.4 is 0 Å². The lowest BCUT2D eigenvalue weighted by Crippen LogP contribution is -2.25. The summed E-state index contributed by atoms with van der Waals surface area (Å²) in [7, 11) is -1.79. The topological polar surface area (TPSA) is 9.23 Å². The largest absolute Gasteiger partial charge is 0.543 e. The van der Waals surface area contributed by atoms with E-state index in [0.29, 0.717) is 0 Å².